The van der Waals surface area contributed by atoms with E-state index in [0.29, 0.717) is 6.04 Å². The van der Waals surface area contributed by atoms with E-state index in [1.54, 1.807) is 0 Å². The van der Waals surface area contributed by atoms with Gasteiger partial charge in [-0.2, -0.15) is 0 Å². The average molecular weight is 363 g/mol. The molecule has 1 aliphatic rings. The molecular weight excluding hydrogens is 359 g/mol. The molecule has 0 heterocycles. The van der Waals surface area contributed by atoms with Gasteiger partial charge in [0.1, 0.15) is 0 Å². The molecule has 0 bridgehead atoms. The van der Waals surface area contributed by atoms with Crippen molar-refractivity contribution < 1.29 is 22.1 Å². The van der Waals surface area contributed by atoms with Gasteiger partial charge < -0.3 is 0 Å². The first-order valence-corrected chi connectivity index (χ1v) is 17.6. The Balaban J connectivity index is 2.26. The Morgan fingerprint density at radius 2 is 2.62 bits per heavy atom. The van der Waals surface area contributed by atoms with E-state index in [9.17, 15) is 0 Å². The number of hydrogen-bond donors (Lipinski definition) is 0. The Labute approximate surface area is 65.1 Å². The van der Waals surface area contributed by atoms with Crippen LogP contribution >= 0.6 is 11.9 Å². The van der Waals surface area contributed by atoms with Gasteiger partial charge in [-0.1, -0.05) is 0 Å². The predicted molar refractivity (Wildman–Crippen MR) is 30.2 cm³/mol. The Morgan fingerprint density at radius 3 is 3.00 bits per heavy atom. The van der Waals surface area contributed by atoms with E-state index in [0.717, 1.165) is 9.85 Å². The van der Waals surface area contributed by atoms with E-state index in [4.69, 9.17) is 5.53 Å². The quantitative estimate of drug-likeness (QED) is 0.313. The van der Waals surface area contributed by atoms with Gasteiger partial charge in [0.2, 0.25) is 0 Å². The fourth-order valence-electron chi connectivity index (χ4n) is 0.605. The molecule has 0 radical (unpaired) electrons. The van der Waals surface area contributed by atoms with Crippen molar-refractivity contribution in [2.45, 2.75) is 15.9 Å². The van der Waals surface area contributed by atoms with Crippen molar-refractivity contribution in [2.75, 3.05) is 0 Å². The molecule has 0 aliphatic heterocycles. The van der Waals surface area contributed by atoms with Crippen LogP contribution in [0.25, 0.3) is 10.4 Å². The van der Waals surface area contributed by atoms with Crippen LogP contribution < -0.4 is 0 Å². The molecule has 0 aromatic carbocycles. The molecule has 1 fully saturated rings. The molecule has 0 aromatic heterocycles. The number of halogens is 1. The van der Waals surface area contributed by atoms with Crippen LogP contribution in [0.3, 0.4) is 0 Å². The van der Waals surface area contributed by atoms with E-state index >= 15 is 0 Å². The minimum absolute atomic E-state index is 0.390. The van der Waals surface area contributed by atoms with Gasteiger partial charge in [-0.3, -0.25) is 0 Å². The molecule has 2 atom stereocenters. The van der Waals surface area contributed by atoms with Crippen LogP contribution in [-0.2, 0) is 22.1 Å². The van der Waals surface area contributed by atoms with E-state index in [1.807, 2.05) is 0 Å². The fraction of sp³-hybridized carbons (Fsp3) is 1.00. The van der Waals surface area contributed by atoms with Crippen LogP contribution in [0, 0.1) is 0 Å². The summed E-state index contributed by atoms with van der Waals surface area (Å²) >= 11 is 2.85. The molecule has 0 amide bonds. The molecule has 8 heavy (non-hydrogen) atoms. The fourth-order valence-corrected chi connectivity index (χ4v) is 9.69. The van der Waals surface area contributed by atoms with Crippen molar-refractivity contribution in [1.29, 1.82) is 0 Å². The third kappa shape index (κ3) is 1.60. The van der Waals surface area contributed by atoms with Gasteiger partial charge in [0.05, 0.1) is 0 Å². The number of nitrogens with zero attached hydrogens (tertiary/aromatic N) is 3. The third-order valence-corrected chi connectivity index (χ3v) is 13.5. The molecule has 3 nitrogen and oxygen atoms in total. The summed E-state index contributed by atoms with van der Waals surface area (Å²) in [7, 11) is 0. The van der Waals surface area contributed by atoms with Crippen molar-refractivity contribution in [3.63, 3.8) is 0 Å². The summed E-state index contributed by atoms with van der Waals surface area (Å²) in [4.78, 5) is 2.74. The van der Waals surface area contributed by atoms with Crippen LogP contribution in [-0.4, -0.2) is 6.04 Å². The first kappa shape index (κ1) is 6.84. The minimum atomic E-state index is -0.678. The zero-order chi connectivity index (χ0) is 5.98. The number of rotatable bonds is 2. The molecule has 40 valence electrons. The zero-order valence-electron chi connectivity index (χ0n) is 4.29. The summed E-state index contributed by atoms with van der Waals surface area (Å²) in [6.07, 6.45) is 1.16. The van der Waals surface area contributed by atoms with Crippen LogP contribution in [0.2, 0.25) is 3.43 Å². The first-order valence-electron chi connectivity index (χ1n) is 2.48. The predicted octanol–water partition coefficient (Wildman–Crippen LogP) is 2.25. The summed E-state index contributed by atoms with van der Waals surface area (Å²) in [6, 6.07) is 0.390. The summed E-state index contributed by atoms with van der Waals surface area (Å²) in [5.41, 5.74) is 7.96. The van der Waals surface area contributed by atoms with Crippen molar-refractivity contribution in [2.24, 2.45) is 5.11 Å². The van der Waals surface area contributed by atoms with Crippen LogP contribution in [0.4, 0.5) is 0 Å². The standard InChI is InChI=1S/C3H4N3.BrH.Hg/c4-6-5-3-1-2-3;;/h1,3H,2H2;1H;/q;;+1/p-1/t3-;;/m0../s1. The Hall–Kier alpha value is 0.725. The van der Waals surface area contributed by atoms with Crippen LogP contribution in [0.15, 0.2) is 5.11 Å². The molecule has 1 saturated carbocycles. The Bertz CT molecular complexity index is 132. The average Bonchev–Trinajstić information content (AvgIpc) is 2.48. The summed E-state index contributed by atoms with van der Waals surface area (Å²) in [5, 5.41) is 3.59. The van der Waals surface area contributed by atoms with Gasteiger partial charge in [0, 0.05) is 0 Å². The summed E-state index contributed by atoms with van der Waals surface area (Å²) in [5.74, 6) is 0. The molecule has 0 N–H and O–H groups in total. The molecule has 1 rings (SSSR count). The summed E-state index contributed by atoms with van der Waals surface area (Å²) < 4.78 is 0.839. The van der Waals surface area contributed by atoms with Crippen molar-refractivity contribution in [3.8, 4) is 0 Å². The molecule has 0 spiro atoms. The molecule has 0 saturated heterocycles. The Kier molecular flexibility index (Phi) is 2.60. The second kappa shape index (κ2) is 3.04. The SMILES string of the molecule is [N-]=[N+]=N[C@@H]1C[C@@H]1[Hg][Br]. The van der Waals surface area contributed by atoms with Gasteiger partial charge in [-0.05, 0) is 0 Å². The van der Waals surface area contributed by atoms with Crippen molar-refractivity contribution in [3.05, 3.63) is 10.4 Å². The second-order valence-electron chi connectivity index (χ2n) is 1.92. The van der Waals surface area contributed by atoms with Crippen molar-refractivity contribution >= 4 is 11.9 Å². The Morgan fingerprint density at radius 1 is 1.88 bits per heavy atom. The van der Waals surface area contributed by atoms with E-state index < -0.39 is 22.1 Å². The van der Waals surface area contributed by atoms with E-state index in [2.05, 4.69) is 21.9 Å². The third-order valence-electron chi connectivity index (χ3n) is 1.28. The van der Waals surface area contributed by atoms with Gasteiger partial charge >= 0.3 is 65.5 Å². The molecule has 0 aromatic rings. The zero-order valence-corrected chi connectivity index (χ0v) is 11.4. The second-order valence-corrected chi connectivity index (χ2v) is 12.9. The topological polar surface area (TPSA) is 48.8 Å². The van der Waals surface area contributed by atoms with E-state index in [-0.39, 0.29) is 0 Å². The molecule has 5 heteroatoms. The first-order chi connectivity index (χ1) is 3.88. The number of hydrogen-bond acceptors (Lipinski definition) is 1. The number of azide groups is 1. The van der Waals surface area contributed by atoms with E-state index in [1.165, 1.54) is 0 Å². The van der Waals surface area contributed by atoms with Gasteiger partial charge in [-0.15, -0.1) is 0 Å². The van der Waals surface area contributed by atoms with Crippen molar-refractivity contribution in [1.82, 2.24) is 0 Å². The van der Waals surface area contributed by atoms with Gasteiger partial charge in [-0.25, -0.2) is 0 Å². The maximum atomic E-state index is 7.96. The molecular formula is C3H4BrHgN3. The van der Waals surface area contributed by atoms with Crippen LogP contribution in [0.5, 0.6) is 0 Å². The van der Waals surface area contributed by atoms with Gasteiger partial charge in [0.25, 0.3) is 0 Å². The van der Waals surface area contributed by atoms with Crippen LogP contribution in [0.1, 0.15) is 6.42 Å². The molecule has 0 unspecified atom stereocenters. The maximum absolute atomic E-state index is 7.96. The molecule has 1 aliphatic carbocycles. The summed E-state index contributed by atoms with van der Waals surface area (Å²) in [6.45, 7) is 0. The monoisotopic (exact) mass is 363 g/mol. The van der Waals surface area contributed by atoms with Gasteiger partial charge in [0.15, 0.2) is 0 Å². The normalized spacial score (nSPS) is 32.6.